The summed E-state index contributed by atoms with van der Waals surface area (Å²) in [4.78, 5) is 48.8. The van der Waals surface area contributed by atoms with Crippen LogP contribution in [0.25, 0.3) is 0 Å². The fourth-order valence-corrected chi connectivity index (χ4v) is 8.56. The van der Waals surface area contributed by atoms with Crippen LogP contribution < -0.4 is 0 Å². The fraction of sp³-hybridized carbons (Fsp3) is 0.586. The van der Waals surface area contributed by atoms with Crippen LogP contribution >= 0.6 is 7.82 Å². The van der Waals surface area contributed by atoms with E-state index in [1.54, 1.807) is 0 Å². The zero-order valence-electron chi connectivity index (χ0n) is 51.1. The van der Waals surface area contributed by atoms with Gasteiger partial charge < -0.3 is 24.2 Å². The highest BCUT2D eigenvalue weighted by Gasteiger charge is 2.28. The van der Waals surface area contributed by atoms with E-state index in [4.69, 9.17) is 23.3 Å². The first-order valence-electron chi connectivity index (χ1n) is 31.4. The Morgan fingerprint density at radius 2 is 0.598 bits per heavy atom. The van der Waals surface area contributed by atoms with Gasteiger partial charge in [-0.15, -0.1) is 0 Å². The molecule has 12 heteroatoms. The molecule has 0 spiro atoms. The zero-order valence-corrected chi connectivity index (χ0v) is 52.0. The van der Waals surface area contributed by atoms with Crippen LogP contribution in [0.1, 0.15) is 226 Å². The molecule has 2 N–H and O–H groups in total. The van der Waals surface area contributed by atoms with E-state index in [0.717, 1.165) is 161 Å². The molecule has 0 aliphatic rings. The molecule has 3 unspecified atom stereocenters. The number of phosphoric acid groups is 1. The largest absolute Gasteiger partial charge is 0.472 e. The minimum absolute atomic E-state index is 0.114. The first-order valence-corrected chi connectivity index (χ1v) is 32.9. The second kappa shape index (κ2) is 62.2. The number of hydrogen-bond donors (Lipinski definition) is 2. The Morgan fingerprint density at radius 1 is 0.341 bits per heavy atom. The Balaban J connectivity index is 4.84. The molecule has 0 saturated carbocycles. The van der Waals surface area contributed by atoms with Crippen molar-refractivity contribution in [3.63, 3.8) is 0 Å². The highest BCUT2D eigenvalue weighted by atomic mass is 31.2. The molecule has 0 heterocycles. The normalized spacial score (nSPS) is 14.4. The summed E-state index contributed by atoms with van der Waals surface area (Å²) in [5, 5.41) is 9.85. The topological polar surface area (TPSA) is 155 Å². The third-order valence-electron chi connectivity index (χ3n) is 12.4. The molecule has 0 aromatic heterocycles. The van der Waals surface area contributed by atoms with Gasteiger partial charge in [0.2, 0.25) is 0 Å². The maximum absolute atomic E-state index is 13.0. The van der Waals surface area contributed by atoms with Gasteiger partial charge in [0.15, 0.2) is 6.10 Å². The minimum Gasteiger partial charge on any atom is -0.462 e. The molecule has 0 bridgehead atoms. The maximum Gasteiger partial charge on any atom is 0.472 e. The van der Waals surface area contributed by atoms with E-state index >= 15 is 0 Å². The van der Waals surface area contributed by atoms with E-state index in [2.05, 4.69) is 179 Å². The van der Waals surface area contributed by atoms with E-state index in [0.29, 0.717) is 19.3 Å². The second-order valence-corrected chi connectivity index (χ2v) is 21.5. The monoisotopic (exact) mass is 1160 g/mol. The summed E-state index contributed by atoms with van der Waals surface area (Å²) in [5.41, 5.74) is 0. The van der Waals surface area contributed by atoms with Crippen LogP contribution in [0.2, 0.25) is 0 Å². The Morgan fingerprint density at radius 3 is 0.927 bits per heavy atom. The summed E-state index contributed by atoms with van der Waals surface area (Å²) in [6.45, 7) is 4.21. The Bertz CT molecular complexity index is 1980. The first kappa shape index (κ1) is 77.1. The SMILES string of the molecule is CC/C=C\C/C=C\C/C=C\C/C=C\C/C=C\CCCCCC(=O)OC(CO)COP(=O)(O)OCC(COC(=O)CCCCCCCCC/C=C\C/C=C\C/C=C\CC)OC(=O)CCCCC/C=C\C/C=C\C/C=C\C/C=C\C/C=C\CC. The molecule has 3 atom stereocenters. The number of esters is 3. The number of allylic oxidation sites excluding steroid dienone is 26. The van der Waals surface area contributed by atoms with E-state index in [1.807, 2.05) is 0 Å². The average molecular weight is 1160 g/mol. The lowest BCUT2D eigenvalue weighted by Gasteiger charge is -2.21. The lowest BCUT2D eigenvalue weighted by Crippen LogP contribution is -2.30. The third-order valence-corrected chi connectivity index (χ3v) is 13.4. The second-order valence-electron chi connectivity index (χ2n) is 20.1. The van der Waals surface area contributed by atoms with E-state index < -0.39 is 57.8 Å². The van der Waals surface area contributed by atoms with Gasteiger partial charge in [0.05, 0.1) is 19.8 Å². The number of hydrogen-bond acceptors (Lipinski definition) is 10. The number of aliphatic hydroxyl groups excluding tert-OH is 1. The van der Waals surface area contributed by atoms with Crippen LogP contribution in [0.4, 0.5) is 0 Å². The number of carbonyl (C=O) groups excluding carboxylic acids is 3. The number of unbranched alkanes of at least 4 members (excludes halogenated alkanes) is 13. The fourth-order valence-electron chi connectivity index (χ4n) is 7.78. The summed E-state index contributed by atoms with van der Waals surface area (Å²) in [6.07, 6.45) is 81.9. The van der Waals surface area contributed by atoms with Gasteiger partial charge in [-0.1, -0.05) is 224 Å². The number of carbonyl (C=O) groups is 3. The molecule has 462 valence electrons. The van der Waals surface area contributed by atoms with Gasteiger partial charge in [-0.05, 0) is 141 Å². The van der Waals surface area contributed by atoms with Crippen molar-refractivity contribution in [2.75, 3.05) is 26.4 Å². The molecule has 11 nitrogen and oxygen atoms in total. The van der Waals surface area contributed by atoms with Crippen molar-refractivity contribution < 1.29 is 52.2 Å². The van der Waals surface area contributed by atoms with Gasteiger partial charge in [-0.2, -0.15) is 0 Å². The summed E-state index contributed by atoms with van der Waals surface area (Å²) in [7, 11) is -4.79. The number of ether oxygens (including phenoxy) is 3. The van der Waals surface area contributed by atoms with Crippen LogP contribution in [-0.4, -0.2) is 66.5 Å². The predicted molar refractivity (Wildman–Crippen MR) is 343 cm³/mol. The van der Waals surface area contributed by atoms with Gasteiger partial charge in [-0.3, -0.25) is 23.4 Å². The number of phosphoric ester groups is 1. The van der Waals surface area contributed by atoms with Crippen molar-refractivity contribution in [2.24, 2.45) is 0 Å². The lowest BCUT2D eigenvalue weighted by atomic mass is 10.1. The Labute approximate surface area is 498 Å². The van der Waals surface area contributed by atoms with Crippen molar-refractivity contribution >= 4 is 25.7 Å². The van der Waals surface area contributed by atoms with Gasteiger partial charge in [0, 0.05) is 19.3 Å². The van der Waals surface area contributed by atoms with Gasteiger partial charge in [-0.25, -0.2) is 4.57 Å². The maximum atomic E-state index is 13.0. The zero-order chi connectivity index (χ0) is 59.8. The van der Waals surface area contributed by atoms with Gasteiger partial charge in [0.1, 0.15) is 12.7 Å². The summed E-state index contributed by atoms with van der Waals surface area (Å²) < 4.78 is 39.6. The summed E-state index contributed by atoms with van der Waals surface area (Å²) in [6, 6.07) is 0. The van der Waals surface area contributed by atoms with Crippen molar-refractivity contribution in [1.29, 1.82) is 0 Å². The summed E-state index contributed by atoms with van der Waals surface area (Å²) >= 11 is 0. The smallest absolute Gasteiger partial charge is 0.462 e. The van der Waals surface area contributed by atoms with Crippen molar-refractivity contribution in [2.45, 2.75) is 238 Å². The van der Waals surface area contributed by atoms with Crippen molar-refractivity contribution in [3.8, 4) is 0 Å². The molecule has 82 heavy (non-hydrogen) atoms. The molecule has 0 rings (SSSR count). The molecule has 0 aromatic carbocycles. The molecule has 0 amide bonds. The predicted octanol–water partition coefficient (Wildman–Crippen LogP) is 19.3. The van der Waals surface area contributed by atoms with Crippen molar-refractivity contribution in [1.82, 2.24) is 0 Å². The summed E-state index contributed by atoms with van der Waals surface area (Å²) in [5.74, 6) is -1.57. The first-order chi connectivity index (χ1) is 40.2. The molecular weight excluding hydrogens is 1050 g/mol. The number of rotatable bonds is 56. The van der Waals surface area contributed by atoms with E-state index in [1.165, 1.54) is 6.42 Å². The molecule has 0 radical (unpaired) electrons. The third kappa shape index (κ3) is 59.7. The van der Waals surface area contributed by atoms with Gasteiger partial charge >= 0.3 is 25.7 Å². The lowest BCUT2D eigenvalue weighted by molar-refractivity contribution is -0.161. The van der Waals surface area contributed by atoms with E-state index in [9.17, 15) is 28.9 Å². The quantitative estimate of drug-likeness (QED) is 0.0197. The molecule has 0 saturated heterocycles. The molecule has 0 fully saturated rings. The van der Waals surface area contributed by atoms with Crippen LogP contribution in [0.15, 0.2) is 158 Å². The average Bonchev–Trinajstić information content (AvgIpc) is 3.47. The van der Waals surface area contributed by atoms with Crippen LogP contribution in [-0.2, 0) is 42.2 Å². The molecule has 0 aliphatic carbocycles. The van der Waals surface area contributed by atoms with Gasteiger partial charge in [0.25, 0.3) is 0 Å². The highest BCUT2D eigenvalue weighted by Crippen LogP contribution is 2.43. The molecule has 0 aromatic rings. The number of aliphatic hydroxyl groups is 1. The molecular formula is C70H111O11P. The Hall–Kier alpha value is -4.90. The van der Waals surface area contributed by atoms with E-state index in [-0.39, 0.29) is 25.9 Å². The highest BCUT2D eigenvalue weighted by molar-refractivity contribution is 7.47. The standard InChI is InChI=1S/C70H111O11P/c1-4-7-10-13-16-19-22-25-28-31-33-36-39-42-45-48-51-54-57-60-69(73)80-66(62-71)64-78-82(75,76)79-65-67(63-77-68(72)59-56-53-50-47-44-41-38-35-30-27-24-21-18-15-12-9-6-3)81-70(74)61-58-55-52-49-46-43-40-37-34-32-29-26-23-20-17-14-11-8-5-2/h7-12,16-21,25-30,33-34,36-37,42-43,45-46,66-67,71H,4-6,13-15,22-24,31-32,35,38-41,44,47-65H2,1-3H3,(H,75,76)/b10-7-,11-8-,12-9-,19-16-,20-17-,21-18-,28-25-,29-26-,30-27-,36-33-,37-34-,45-42-,46-43-. The van der Waals surface area contributed by atoms with Crippen LogP contribution in [0, 0.1) is 0 Å². The van der Waals surface area contributed by atoms with Crippen LogP contribution in [0.3, 0.4) is 0 Å². The Kier molecular flexibility index (Phi) is 58.4. The van der Waals surface area contributed by atoms with Crippen molar-refractivity contribution in [3.05, 3.63) is 158 Å². The molecule has 0 aliphatic heterocycles. The van der Waals surface area contributed by atoms with Crippen LogP contribution in [0.5, 0.6) is 0 Å². The minimum atomic E-state index is -4.79.